The van der Waals surface area contributed by atoms with Crippen LogP contribution in [0.15, 0.2) is 40.9 Å². The van der Waals surface area contributed by atoms with Gasteiger partial charge in [0, 0.05) is 10.0 Å². The summed E-state index contributed by atoms with van der Waals surface area (Å²) in [6.07, 6.45) is 0.384. The van der Waals surface area contributed by atoms with Crippen LogP contribution in [-0.4, -0.2) is 7.11 Å². The number of hydrogen-bond acceptors (Lipinski definition) is 3. The molecule has 1 atom stereocenters. The number of nitrogens with two attached hydrogens (primary N) is 1. The predicted octanol–water partition coefficient (Wildman–Crippen LogP) is 3.48. The summed E-state index contributed by atoms with van der Waals surface area (Å²) in [5.41, 5.74) is 3.75. The molecule has 0 saturated heterocycles. The summed E-state index contributed by atoms with van der Waals surface area (Å²) >= 11 is 3.30. The third kappa shape index (κ3) is 3.58. The summed E-state index contributed by atoms with van der Waals surface area (Å²) in [7, 11) is 1.47. The highest BCUT2D eigenvalue weighted by atomic mass is 79.9. The number of halogens is 3. The summed E-state index contributed by atoms with van der Waals surface area (Å²) in [5, 5.41) is 0. The van der Waals surface area contributed by atoms with Crippen molar-refractivity contribution in [1.29, 1.82) is 0 Å². The molecule has 0 aliphatic rings. The van der Waals surface area contributed by atoms with Crippen LogP contribution in [0.3, 0.4) is 0 Å². The molecule has 0 bridgehead atoms. The molecule has 3 nitrogen and oxygen atoms in total. The topological polar surface area (TPSA) is 47.3 Å². The molecule has 21 heavy (non-hydrogen) atoms. The number of hydrogen-bond donors (Lipinski definition) is 2. The Morgan fingerprint density at radius 1 is 1.29 bits per heavy atom. The number of methoxy groups -OCH3 is 1. The number of ether oxygens (including phenoxy) is 1. The monoisotopic (exact) mass is 356 g/mol. The van der Waals surface area contributed by atoms with Gasteiger partial charge in [0.05, 0.1) is 13.2 Å². The summed E-state index contributed by atoms with van der Waals surface area (Å²) in [6, 6.07) is 8.44. The first kappa shape index (κ1) is 15.9. The zero-order valence-electron chi connectivity index (χ0n) is 11.4. The van der Waals surface area contributed by atoms with Gasteiger partial charge in [-0.1, -0.05) is 28.1 Å². The molecule has 0 amide bonds. The lowest BCUT2D eigenvalue weighted by Gasteiger charge is -2.20. The second kappa shape index (κ2) is 6.98. The van der Waals surface area contributed by atoms with Crippen molar-refractivity contribution in [3.63, 3.8) is 0 Å². The van der Waals surface area contributed by atoms with E-state index in [0.29, 0.717) is 22.2 Å². The van der Waals surface area contributed by atoms with E-state index >= 15 is 0 Å². The quantitative estimate of drug-likeness (QED) is 0.636. The minimum Gasteiger partial charge on any atom is -0.496 e. The minimum absolute atomic E-state index is 0.341. The number of hydrazine groups is 1. The fourth-order valence-corrected chi connectivity index (χ4v) is 2.70. The van der Waals surface area contributed by atoms with Gasteiger partial charge in [0.2, 0.25) is 0 Å². The molecule has 1 unspecified atom stereocenters. The highest BCUT2D eigenvalue weighted by molar-refractivity contribution is 9.10. The van der Waals surface area contributed by atoms with Crippen LogP contribution in [0.25, 0.3) is 0 Å². The van der Waals surface area contributed by atoms with Crippen LogP contribution in [0.1, 0.15) is 17.2 Å². The first-order valence-electron chi connectivity index (χ1n) is 6.29. The van der Waals surface area contributed by atoms with Gasteiger partial charge in [0.25, 0.3) is 0 Å². The Labute approximate surface area is 130 Å². The lowest BCUT2D eigenvalue weighted by atomic mass is 9.98. The average Bonchev–Trinajstić information content (AvgIpc) is 2.47. The number of nitrogens with one attached hydrogen (secondary N) is 1. The summed E-state index contributed by atoms with van der Waals surface area (Å²) in [4.78, 5) is 0. The molecule has 2 aromatic rings. The Kier molecular flexibility index (Phi) is 5.27. The third-order valence-corrected chi connectivity index (χ3v) is 3.96. The first-order chi connectivity index (χ1) is 10.1. The number of benzene rings is 2. The second-order valence-corrected chi connectivity index (χ2v) is 5.37. The molecule has 0 fully saturated rings. The maximum absolute atomic E-state index is 14.1. The third-order valence-electron chi connectivity index (χ3n) is 3.22. The van der Waals surface area contributed by atoms with Crippen molar-refractivity contribution in [3.8, 4) is 5.75 Å². The summed E-state index contributed by atoms with van der Waals surface area (Å²) < 4.78 is 33.0. The largest absolute Gasteiger partial charge is 0.496 e. The van der Waals surface area contributed by atoms with E-state index in [-0.39, 0.29) is 5.82 Å². The van der Waals surface area contributed by atoms with Gasteiger partial charge in [-0.05, 0) is 36.2 Å². The van der Waals surface area contributed by atoms with Gasteiger partial charge in [-0.2, -0.15) is 0 Å². The molecule has 0 aliphatic carbocycles. The molecule has 6 heteroatoms. The first-order valence-corrected chi connectivity index (χ1v) is 7.08. The van der Waals surface area contributed by atoms with Gasteiger partial charge in [0.1, 0.15) is 17.4 Å². The van der Waals surface area contributed by atoms with Crippen molar-refractivity contribution in [2.75, 3.05) is 7.11 Å². The highest BCUT2D eigenvalue weighted by Crippen LogP contribution is 2.31. The number of rotatable bonds is 5. The maximum atomic E-state index is 14.1. The van der Waals surface area contributed by atoms with E-state index in [1.54, 1.807) is 18.2 Å². The lowest BCUT2D eigenvalue weighted by Crippen LogP contribution is -2.30. The van der Waals surface area contributed by atoms with Crippen molar-refractivity contribution in [3.05, 3.63) is 63.6 Å². The predicted molar refractivity (Wildman–Crippen MR) is 80.8 cm³/mol. The van der Waals surface area contributed by atoms with E-state index in [4.69, 9.17) is 10.6 Å². The standard InChI is InChI=1S/C15H15BrF2N2O/c1-21-14-4-2-3-12(18)15(14)13(20-19)7-9-5-6-10(17)8-11(9)16/h2-6,8,13,20H,7,19H2,1H3. The molecule has 3 N–H and O–H groups in total. The maximum Gasteiger partial charge on any atom is 0.131 e. The van der Waals surface area contributed by atoms with Crippen molar-refractivity contribution in [1.82, 2.24) is 5.43 Å². The van der Waals surface area contributed by atoms with E-state index in [2.05, 4.69) is 21.4 Å². The summed E-state index contributed by atoms with van der Waals surface area (Å²) in [6.45, 7) is 0. The fraction of sp³-hybridized carbons (Fsp3) is 0.200. The van der Waals surface area contributed by atoms with Crippen LogP contribution in [0.4, 0.5) is 8.78 Å². The van der Waals surface area contributed by atoms with E-state index in [1.165, 1.54) is 25.3 Å². The van der Waals surface area contributed by atoms with Gasteiger partial charge >= 0.3 is 0 Å². The zero-order valence-corrected chi connectivity index (χ0v) is 13.0. The van der Waals surface area contributed by atoms with Gasteiger partial charge in [-0.3, -0.25) is 11.3 Å². The molecule has 2 rings (SSSR count). The normalized spacial score (nSPS) is 12.2. The molecule has 112 valence electrons. The fourth-order valence-electron chi connectivity index (χ4n) is 2.18. The van der Waals surface area contributed by atoms with Crippen molar-refractivity contribution in [2.24, 2.45) is 5.84 Å². The molecule has 0 aromatic heterocycles. The second-order valence-electron chi connectivity index (χ2n) is 4.51. The van der Waals surface area contributed by atoms with Gasteiger partial charge in [-0.25, -0.2) is 8.78 Å². The molecule has 0 radical (unpaired) electrons. The van der Waals surface area contributed by atoms with E-state index in [9.17, 15) is 8.78 Å². The van der Waals surface area contributed by atoms with Crippen LogP contribution in [0, 0.1) is 11.6 Å². The van der Waals surface area contributed by atoms with Crippen LogP contribution >= 0.6 is 15.9 Å². The smallest absolute Gasteiger partial charge is 0.131 e. The Morgan fingerprint density at radius 2 is 2.05 bits per heavy atom. The van der Waals surface area contributed by atoms with Crippen molar-refractivity contribution >= 4 is 15.9 Å². The molecular weight excluding hydrogens is 342 g/mol. The van der Waals surface area contributed by atoms with E-state index in [1.807, 2.05) is 0 Å². The van der Waals surface area contributed by atoms with Crippen LogP contribution in [0.2, 0.25) is 0 Å². The van der Waals surface area contributed by atoms with Gasteiger partial charge < -0.3 is 4.74 Å². The van der Waals surface area contributed by atoms with Crippen LogP contribution < -0.4 is 16.0 Å². The Hall–Kier alpha value is -1.50. The SMILES string of the molecule is COc1cccc(F)c1C(Cc1ccc(F)cc1Br)NN. The Bertz CT molecular complexity index is 637. The van der Waals surface area contributed by atoms with E-state index < -0.39 is 11.9 Å². The highest BCUT2D eigenvalue weighted by Gasteiger charge is 2.20. The Balaban J connectivity index is 2.36. The average molecular weight is 357 g/mol. The summed E-state index contributed by atoms with van der Waals surface area (Å²) in [5.74, 6) is 5.23. The van der Waals surface area contributed by atoms with Crippen LogP contribution in [0.5, 0.6) is 5.75 Å². The molecule has 0 saturated carbocycles. The van der Waals surface area contributed by atoms with E-state index in [0.717, 1.165) is 5.56 Å². The molecule has 0 heterocycles. The minimum atomic E-state index is -0.497. The lowest BCUT2D eigenvalue weighted by molar-refractivity contribution is 0.390. The molecule has 2 aromatic carbocycles. The molecule has 0 aliphatic heterocycles. The van der Waals surface area contributed by atoms with Gasteiger partial charge in [0.15, 0.2) is 0 Å². The molecular formula is C15H15BrF2N2O. The molecule has 0 spiro atoms. The van der Waals surface area contributed by atoms with Gasteiger partial charge in [-0.15, -0.1) is 0 Å². The van der Waals surface area contributed by atoms with Crippen molar-refractivity contribution in [2.45, 2.75) is 12.5 Å². The Morgan fingerprint density at radius 3 is 2.67 bits per heavy atom. The van der Waals surface area contributed by atoms with Crippen molar-refractivity contribution < 1.29 is 13.5 Å². The zero-order chi connectivity index (χ0) is 15.4. The van der Waals surface area contributed by atoms with Crippen LogP contribution in [-0.2, 0) is 6.42 Å².